The van der Waals surface area contributed by atoms with Crippen LogP contribution in [0.2, 0.25) is 0 Å². The quantitative estimate of drug-likeness (QED) is 0.554. The van der Waals surface area contributed by atoms with E-state index in [0.29, 0.717) is 37.0 Å². The minimum atomic E-state index is -0.630. The highest BCUT2D eigenvalue weighted by Gasteiger charge is 2.37. The Labute approximate surface area is 199 Å². The van der Waals surface area contributed by atoms with Crippen molar-refractivity contribution in [1.82, 2.24) is 20.4 Å². The van der Waals surface area contributed by atoms with Gasteiger partial charge in [0.15, 0.2) is 0 Å². The number of amides is 2. The first kappa shape index (κ1) is 24.3. The SMILES string of the molecule is CN1CCN(C(=O)[C@H](CCCN[C@@H]2C[C@H]2c2ccc(F)cc2)NC(=O)c2ccc(F)cc2)CC1. The van der Waals surface area contributed by atoms with E-state index in [-0.39, 0.29) is 17.6 Å². The summed E-state index contributed by atoms with van der Waals surface area (Å²) in [4.78, 5) is 29.9. The number of likely N-dealkylation sites (N-methyl/N-ethyl adjacent to an activating group) is 1. The van der Waals surface area contributed by atoms with Gasteiger partial charge >= 0.3 is 0 Å². The van der Waals surface area contributed by atoms with Crippen molar-refractivity contribution in [3.63, 3.8) is 0 Å². The largest absolute Gasteiger partial charge is 0.340 e. The van der Waals surface area contributed by atoms with Crippen molar-refractivity contribution >= 4 is 11.8 Å². The molecule has 34 heavy (non-hydrogen) atoms. The van der Waals surface area contributed by atoms with Crippen LogP contribution in [-0.2, 0) is 4.79 Å². The minimum absolute atomic E-state index is 0.0702. The van der Waals surface area contributed by atoms with Crippen molar-refractivity contribution in [2.45, 2.75) is 37.3 Å². The van der Waals surface area contributed by atoms with E-state index in [9.17, 15) is 18.4 Å². The molecule has 1 aliphatic carbocycles. The zero-order valence-corrected chi connectivity index (χ0v) is 19.5. The van der Waals surface area contributed by atoms with Crippen LogP contribution in [0.3, 0.4) is 0 Å². The Kier molecular flexibility index (Phi) is 7.90. The van der Waals surface area contributed by atoms with Crippen molar-refractivity contribution in [2.24, 2.45) is 0 Å². The zero-order valence-electron chi connectivity index (χ0n) is 19.5. The fourth-order valence-electron chi connectivity index (χ4n) is 4.44. The standard InChI is InChI=1S/C26H32F2N4O2/c1-31-13-15-32(16-14-31)26(34)23(30-25(33)19-6-10-21(28)11-7-19)3-2-12-29-24-17-22(24)18-4-8-20(27)9-5-18/h4-11,22-24,29H,2-3,12-17H2,1H3,(H,30,33)/t22-,23-,24+/m0/s1. The predicted molar refractivity (Wildman–Crippen MR) is 127 cm³/mol. The van der Waals surface area contributed by atoms with Gasteiger partial charge in [-0.3, -0.25) is 9.59 Å². The van der Waals surface area contributed by atoms with Gasteiger partial charge in [-0.2, -0.15) is 0 Å². The first-order chi connectivity index (χ1) is 16.4. The molecule has 0 spiro atoms. The predicted octanol–water partition coefficient (Wildman–Crippen LogP) is 2.76. The van der Waals surface area contributed by atoms with E-state index >= 15 is 0 Å². The number of halogens is 2. The normalized spacial score (nSPS) is 21.2. The molecule has 1 saturated heterocycles. The summed E-state index contributed by atoms with van der Waals surface area (Å²) in [6.45, 7) is 3.61. The summed E-state index contributed by atoms with van der Waals surface area (Å²) in [5.74, 6) is -0.695. The molecular formula is C26H32F2N4O2. The van der Waals surface area contributed by atoms with Crippen molar-refractivity contribution < 1.29 is 18.4 Å². The van der Waals surface area contributed by atoms with Crippen LogP contribution >= 0.6 is 0 Å². The number of nitrogens with zero attached hydrogens (tertiary/aromatic N) is 2. The maximum absolute atomic E-state index is 13.2. The third-order valence-corrected chi connectivity index (χ3v) is 6.69. The van der Waals surface area contributed by atoms with Crippen LogP contribution in [0, 0.1) is 11.6 Å². The van der Waals surface area contributed by atoms with E-state index in [4.69, 9.17) is 0 Å². The molecule has 0 aromatic heterocycles. The van der Waals surface area contributed by atoms with Crippen LogP contribution in [-0.4, -0.2) is 73.5 Å². The number of nitrogens with one attached hydrogen (secondary N) is 2. The second-order valence-electron chi connectivity index (χ2n) is 9.26. The highest BCUT2D eigenvalue weighted by molar-refractivity contribution is 5.97. The average molecular weight is 471 g/mol. The molecule has 8 heteroatoms. The average Bonchev–Trinajstić information content (AvgIpc) is 3.61. The smallest absolute Gasteiger partial charge is 0.251 e. The Morgan fingerprint density at radius 2 is 1.59 bits per heavy atom. The number of carbonyl (C=O) groups excluding carboxylic acids is 2. The van der Waals surface area contributed by atoms with E-state index in [2.05, 4.69) is 15.5 Å². The third-order valence-electron chi connectivity index (χ3n) is 6.69. The van der Waals surface area contributed by atoms with Crippen LogP contribution in [0.15, 0.2) is 48.5 Å². The summed E-state index contributed by atoms with van der Waals surface area (Å²) in [5.41, 5.74) is 1.46. The minimum Gasteiger partial charge on any atom is -0.340 e. The summed E-state index contributed by atoms with van der Waals surface area (Å²) in [5, 5.41) is 6.39. The molecule has 2 aliphatic rings. The molecule has 6 nitrogen and oxygen atoms in total. The van der Waals surface area contributed by atoms with Gasteiger partial charge < -0.3 is 20.4 Å². The molecule has 182 valence electrons. The molecule has 1 saturated carbocycles. The number of benzene rings is 2. The zero-order chi connectivity index (χ0) is 24.1. The van der Waals surface area contributed by atoms with Gasteiger partial charge in [0.05, 0.1) is 0 Å². The molecule has 0 bridgehead atoms. The highest BCUT2D eigenvalue weighted by atomic mass is 19.1. The van der Waals surface area contributed by atoms with Crippen LogP contribution < -0.4 is 10.6 Å². The fourth-order valence-corrected chi connectivity index (χ4v) is 4.44. The molecule has 2 N–H and O–H groups in total. The van der Waals surface area contributed by atoms with Crippen LogP contribution in [0.5, 0.6) is 0 Å². The van der Waals surface area contributed by atoms with Gasteiger partial charge in [-0.05, 0) is 74.8 Å². The number of piperazine rings is 1. The Hall–Kier alpha value is -2.84. The number of carbonyl (C=O) groups is 2. The number of rotatable bonds is 9. The molecule has 3 atom stereocenters. The highest BCUT2D eigenvalue weighted by Crippen LogP contribution is 2.40. The lowest BCUT2D eigenvalue weighted by Crippen LogP contribution is -2.54. The molecular weight excluding hydrogens is 438 g/mol. The van der Waals surface area contributed by atoms with Crippen molar-refractivity contribution in [1.29, 1.82) is 0 Å². The van der Waals surface area contributed by atoms with E-state index < -0.39 is 11.9 Å². The van der Waals surface area contributed by atoms with E-state index in [1.54, 1.807) is 0 Å². The van der Waals surface area contributed by atoms with Gasteiger partial charge in [-0.25, -0.2) is 8.78 Å². The molecule has 4 rings (SSSR count). The Balaban J connectivity index is 1.30. The number of hydrogen-bond donors (Lipinski definition) is 2. The van der Waals surface area contributed by atoms with Gasteiger partial charge in [0.2, 0.25) is 5.91 Å². The fraction of sp³-hybridized carbons (Fsp3) is 0.462. The monoisotopic (exact) mass is 470 g/mol. The van der Waals surface area contributed by atoms with Crippen molar-refractivity contribution in [3.05, 3.63) is 71.3 Å². The first-order valence-electron chi connectivity index (χ1n) is 11.9. The second-order valence-corrected chi connectivity index (χ2v) is 9.26. The lowest BCUT2D eigenvalue weighted by atomic mass is 10.1. The van der Waals surface area contributed by atoms with Crippen LogP contribution in [0.4, 0.5) is 8.78 Å². The van der Waals surface area contributed by atoms with Gasteiger partial charge in [0, 0.05) is 43.7 Å². The Morgan fingerprint density at radius 3 is 2.24 bits per heavy atom. The van der Waals surface area contributed by atoms with Gasteiger partial charge in [0.25, 0.3) is 5.91 Å². The first-order valence-corrected chi connectivity index (χ1v) is 11.9. The molecule has 0 radical (unpaired) electrons. The maximum atomic E-state index is 13.2. The second kappa shape index (κ2) is 11.1. The van der Waals surface area contributed by atoms with Gasteiger partial charge in [-0.15, -0.1) is 0 Å². The molecule has 1 aliphatic heterocycles. The molecule has 2 aromatic carbocycles. The summed E-state index contributed by atoms with van der Waals surface area (Å²) in [7, 11) is 2.03. The van der Waals surface area contributed by atoms with Crippen molar-refractivity contribution in [3.8, 4) is 0 Å². The van der Waals surface area contributed by atoms with Crippen LogP contribution in [0.25, 0.3) is 0 Å². The van der Waals surface area contributed by atoms with E-state index in [1.165, 1.54) is 36.4 Å². The molecule has 2 fully saturated rings. The van der Waals surface area contributed by atoms with Gasteiger partial charge in [0.1, 0.15) is 17.7 Å². The Morgan fingerprint density at radius 1 is 0.971 bits per heavy atom. The number of hydrogen-bond acceptors (Lipinski definition) is 4. The maximum Gasteiger partial charge on any atom is 0.251 e. The molecule has 2 aromatic rings. The Bertz CT molecular complexity index is 975. The molecule has 1 heterocycles. The lowest BCUT2D eigenvalue weighted by Gasteiger charge is -2.34. The van der Waals surface area contributed by atoms with Gasteiger partial charge in [-0.1, -0.05) is 12.1 Å². The summed E-state index contributed by atoms with van der Waals surface area (Å²) in [6.07, 6.45) is 2.25. The van der Waals surface area contributed by atoms with E-state index in [1.807, 2.05) is 24.1 Å². The van der Waals surface area contributed by atoms with Crippen molar-refractivity contribution in [2.75, 3.05) is 39.8 Å². The topological polar surface area (TPSA) is 64.7 Å². The molecule has 0 unspecified atom stereocenters. The lowest BCUT2D eigenvalue weighted by molar-refractivity contribution is -0.135. The summed E-state index contributed by atoms with van der Waals surface area (Å²) < 4.78 is 26.4. The molecule has 2 amide bonds. The van der Waals surface area contributed by atoms with Crippen LogP contribution in [0.1, 0.15) is 41.1 Å². The summed E-state index contributed by atoms with van der Waals surface area (Å²) in [6, 6.07) is 11.7. The third kappa shape index (κ3) is 6.39. The van der Waals surface area contributed by atoms with E-state index in [0.717, 1.165) is 38.0 Å². The summed E-state index contributed by atoms with van der Waals surface area (Å²) >= 11 is 0.